The Morgan fingerprint density at radius 3 is 2.71 bits per heavy atom. The predicted molar refractivity (Wildman–Crippen MR) is 49.2 cm³/mol. The number of hydrogen-bond acceptors (Lipinski definition) is 3. The van der Waals surface area contributed by atoms with Gasteiger partial charge in [0.2, 0.25) is 5.89 Å². The van der Waals surface area contributed by atoms with Gasteiger partial charge in [-0.3, -0.25) is 0 Å². The summed E-state index contributed by atoms with van der Waals surface area (Å²) in [7, 11) is 0. The lowest BCUT2D eigenvalue weighted by atomic mass is 10.3. The zero-order chi connectivity index (χ0) is 9.97. The standard InChI is InChI=1S/C9H6ClFN2O/c10-3-9-13-5-8(14-9)7-2-1-6(11)4-12-7/h1-2,4-5H,3H2. The van der Waals surface area contributed by atoms with Crippen LogP contribution in [0, 0.1) is 5.82 Å². The van der Waals surface area contributed by atoms with E-state index in [2.05, 4.69) is 9.97 Å². The van der Waals surface area contributed by atoms with Gasteiger partial charge in [0, 0.05) is 0 Å². The molecule has 0 radical (unpaired) electrons. The molecule has 2 heterocycles. The number of alkyl halides is 1. The van der Waals surface area contributed by atoms with Crippen LogP contribution in [0.5, 0.6) is 0 Å². The van der Waals surface area contributed by atoms with Gasteiger partial charge in [-0.1, -0.05) is 0 Å². The SMILES string of the molecule is Fc1ccc(-c2cnc(CCl)o2)nc1. The van der Waals surface area contributed by atoms with Crippen molar-refractivity contribution in [3.63, 3.8) is 0 Å². The largest absolute Gasteiger partial charge is 0.438 e. The summed E-state index contributed by atoms with van der Waals surface area (Å²) >= 11 is 5.52. The molecule has 0 aliphatic rings. The van der Waals surface area contributed by atoms with E-state index in [1.165, 1.54) is 18.3 Å². The quantitative estimate of drug-likeness (QED) is 0.719. The molecule has 0 saturated carbocycles. The Labute approximate surface area is 84.6 Å². The lowest BCUT2D eigenvalue weighted by molar-refractivity contribution is 0.526. The van der Waals surface area contributed by atoms with Crippen LogP contribution >= 0.6 is 11.6 Å². The molecule has 2 aromatic heterocycles. The maximum absolute atomic E-state index is 12.5. The highest BCUT2D eigenvalue weighted by Crippen LogP contribution is 2.18. The molecule has 3 nitrogen and oxygen atoms in total. The molecule has 14 heavy (non-hydrogen) atoms. The molecule has 0 saturated heterocycles. The van der Waals surface area contributed by atoms with E-state index in [1.807, 2.05) is 0 Å². The number of rotatable bonds is 2. The minimum atomic E-state index is -0.383. The number of oxazole rings is 1. The van der Waals surface area contributed by atoms with E-state index < -0.39 is 0 Å². The smallest absolute Gasteiger partial charge is 0.209 e. The molecule has 0 N–H and O–H groups in total. The van der Waals surface area contributed by atoms with Gasteiger partial charge in [-0.15, -0.1) is 11.6 Å². The van der Waals surface area contributed by atoms with E-state index in [9.17, 15) is 4.39 Å². The van der Waals surface area contributed by atoms with Crippen LogP contribution in [-0.4, -0.2) is 9.97 Å². The van der Waals surface area contributed by atoms with Crippen LogP contribution in [0.15, 0.2) is 28.9 Å². The van der Waals surface area contributed by atoms with Crippen molar-refractivity contribution in [3.8, 4) is 11.5 Å². The molecule has 0 unspecified atom stereocenters. The summed E-state index contributed by atoms with van der Waals surface area (Å²) in [5.41, 5.74) is 0.537. The molecule has 0 atom stereocenters. The molecule has 0 aromatic carbocycles. The zero-order valence-corrected chi connectivity index (χ0v) is 7.83. The van der Waals surface area contributed by atoms with E-state index in [0.29, 0.717) is 17.3 Å². The zero-order valence-electron chi connectivity index (χ0n) is 7.08. The highest BCUT2D eigenvalue weighted by molar-refractivity contribution is 6.16. The van der Waals surface area contributed by atoms with Crippen molar-refractivity contribution < 1.29 is 8.81 Å². The van der Waals surface area contributed by atoms with Gasteiger partial charge in [0.25, 0.3) is 0 Å². The fraction of sp³-hybridized carbons (Fsp3) is 0.111. The fourth-order valence-electron chi connectivity index (χ4n) is 1.01. The number of aromatic nitrogens is 2. The fourth-order valence-corrected chi connectivity index (χ4v) is 1.14. The summed E-state index contributed by atoms with van der Waals surface area (Å²) in [5, 5.41) is 0. The van der Waals surface area contributed by atoms with Crippen LogP contribution in [0.1, 0.15) is 5.89 Å². The third kappa shape index (κ3) is 1.75. The molecule has 2 rings (SSSR count). The summed E-state index contributed by atoms with van der Waals surface area (Å²) in [4.78, 5) is 7.75. The van der Waals surface area contributed by atoms with Gasteiger partial charge in [0.1, 0.15) is 11.5 Å². The first kappa shape index (κ1) is 9.15. The molecule has 72 valence electrons. The summed E-state index contributed by atoms with van der Waals surface area (Å²) in [6.45, 7) is 0. The lowest BCUT2D eigenvalue weighted by Gasteiger charge is -1.93. The van der Waals surface area contributed by atoms with Gasteiger partial charge >= 0.3 is 0 Å². The van der Waals surface area contributed by atoms with Crippen LogP contribution in [0.3, 0.4) is 0 Å². The third-order valence-electron chi connectivity index (χ3n) is 1.65. The molecule has 0 aliphatic heterocycles. The van der Waals surface area contributed by atoms with Crippen molar-refractivity contribution in [2.75, 3.05) is 0 Å². The predicted octanol–water partition coefficient (Wildman–Crippen LogP) is 2.61. The highest BCUT2D eigenvalue weighted by atomic mass is 35.5. The third-order valence-corrected chi connectivity index (χ3v) is 1.88. The summed E-state index contributed by atoms with van der Waals surface area (Å²) in [5.74, 6) is 0.737. The Kier molecular flexibility index (Phi) is 2.45. The average Bonchev–Trinajstić information content (AvgIpc) is 2.67. The summed E-state index contributed by atoms with van der Waals surface area (Å²) in [6, 6.07) is 2.83. The molecule has 5 heteroatoms. The van der Waals surface area contributed by atoms with Crippen molar-refractivity contribution in [1.82, 2.24) is 9.97 Å². The van der Waals surface area contributed by atoms with Gasteiger partial charge in [-0.2, -0.15) is 0 Å². The molecular weight excluding hydrogens is 207 g/mol. The molecule has 0 fully saturated rings. The Morgan fingerprint density at radius 2 is 2.14 bits per heavy atom. The number of halogens is 2. The molecule has 0 aliphatic carbocycles. The van der Waals surface area contributed by atoms with Crippen molar-refractivity contribution in [1.29, 1.82) is 0 Å². The number of nitrogens with zero attached hydrogens (tertiary/aromatic N) is 2. The molecule has 0 amide bonds. The van der Waals surface area contributed by atoms with E-state index in [-0.39, 0.29) is 11.7 Å². The van der Waals surface area contributed by atoms with Crippen LogP contribution < -0.4 is 0 Å². The van der Waals surface area contributed by atoms with Crippen LogP contribution in [0.4, 0.5) is 4.39 Å². The van der Waals surface area contributed by atoms with Crippen molar-refractivity contribution in [2.45, 2.75) is 5.88 Å². The Bertz CT molecular complexity index is 427. The Balaban J connectivity index is 2.34. The summed E-state index contributed by atoms with van der Waals surface area (Å²) in [6.07, 6.45) is 2.64. The maximum Gasteiger partial charge on any atom is 0.209 e. The lowest BCUT2D eigenvalue weighted by Crippen LogP contribution is -1.81. The van der Waals surface area contributed by atoms with Crippen molar-refractivity contribution in [2.24, 2.45) is 0 Å². The minimum Gasteiger partial charge on any atom is -0.438 e. The molecular formula is C9H6ClFN2O. The Hall–Kier alpha value is -1.42. The monoisotopic (exact) mass is 212 g/mol. The van der Waals surface area contributed by atoms with E-state index in [0.717, 1.165) is 6.20 Å². The topological polar surface area (TPSA) is 38.9 Å². The number of hydrogen-bond donors (Lipinski definition) is 0. The van der Waals surface area contributed by atoms with E-state index in [1.54, 1.807) is 0 Å². The van der Waals surface area contributed by atoms with E-state index >= 15 is 0 Å². The van der Waals surface area contributed by atoms with Crippen LogP contribution in [0.25, 0.3) is 11.5 Å². The van der Waals surface area contributed by atoms with Gasteiger partial charge in [0.15, 0.2) is 5.76 Å². The first-order valence-corrected chi connectivity index (χ1v) is 4.45. The Morgan fingerprint density at radius 1 is 1.29 bits per heavy atom. The van der Waals surface area contributed by atoms with Gasteiger partial charge < -0.3 is 4.42 Å². The van der Waals surface area contributed by atoms with Gasteiger partial charge in [0.05, 0.1) is 18.3 Å². The van der Waals surface area contributed by atoms with E-state index in [4.69, 9.17) is 16.0 Å². The van der Waals surface area contributed by atoms with Crippen molar-refractivity contribution in [3.05, 3.63) is 36.2 Å². The highest BCUT2D eigenvalue weighted by Gasteiger charge is 2.06. The van der Waals surface area contributed by atoms with Crippen molar-refractivity contribution >= 4 is 11.6 Å². The molecule has 2 aromatic rings. The molecule has 0 bridgehead atoms. The first-order valence-electron chi connectivity index (χ1n) is 3.92. The van der Waals surface area contributed by atoms with Crippen LogP contribution in [0.2, 0.25) is 0 Å². The number of pyridine rings is 1. The second-order valence-corrected chi connectivity index (χ2v) is 2.88. The molecule has 0 spiro atoms. The maximum atomic E-state index is 12.5. The van der Waals surface area contributed by atoms with Gasteiger partial charge in [-0.05, 0) is 12.1 Å². The first-order chi connectivity index (χ1) is 6.79. The van der Waals surface area contributed by atoms with Crippen LogP contribution in [-0.2, 0) is 5.88 Å². The summed E-state index contributed by atoms with van der Waals surface area (Å²) < 4.78 is 17.8. The van der Waals surface area contributed by atoms with Gasteiger partial charge in [-0.25, -0.2) is 14.4 Å². The average molecular weight is 213 g/mol. The second kappa shape index (κ2) is 3.75. The normalized spacial score (nSPS) is 10.4. The second-order valence-electron chi connectivity index (χ2n) is 2.61. The minimum absolute atomic E-state index is 0.210.